The smallest absolute Gasteiger partial charge is 0.336 e. The van der Waals surface area contributed by atoms with Crippen LogP contribution >= 0.6 is 0 Å². The molecule has 1 atom stereocenters. The van der Waals surface area contributed by atoms with Gasteiger partial charge in [-0.3, -0.25) is 13.9 Å². The number of fused-ring (bicyclic) bond motifs is 1. The quantitative estimate of drug-likeness (QED) is 0.786. The number of allylic oxidation sites excluding steroid dienone is 1. The molecule has 1 aromatic heterocycles. The van der Waals surface area contributed by atoms with Crippen LogP contribution in [-0.4, -0.2) is 26.8 Å². The maximum atomic E-state index is 13.0. The van der Waals surface area contributed by atoms with Crippen LogP contribution in [-0.2, 0) is 23.6 Å². The summed E-state index contributed by atoms with van der Waals surface area (Å²) in [5.74, 6) is -1.01. The maximum absolute atomic E-state index is 13.0. The van der Waals surface area contributed by atoms with E-state index >= 15 is 0 Å². The van der Waals surface area contributed by atoms with Gasteiger partial charge in [-0.15, -0.1) is 0 Å². The van der Waals surface area contributed by atoms with Crippen molar-refractivity contribution >= 4 is 11.8 Å². The molecule has 3 rings (SSSR count). The Balaban J connectivity index is 2.39. The molecular formula is C19H21N3O5. The average molecular weight is 371 g/mol. The summed E-state index contributed by atoms with van der Waals surface area (Å²) in [6.07, 6.45) is 0. The summed E-state index contributed by atoms with van der Waals surface area (Å²) in [5.41, 5.74) is 0.564. The van der Waals surface area contributed by atoms with Gasteiger partial charge in [0, 0.05) is 19.8 Å². The second-order valence-corrected chi connectivity index (χ2v) is 6.38. The molecule has 0 fully saturated rings. The van der Waals surface area contributed by atoms with Crippen molar-refractivity contribution in [2.75, 3.05) is 11.9 Å². The van der Waals surface area contributed by atoms with Crippen LogP contribution in [0.5, 0.6) is 5.75 Å². The van der Waals surface area contributed by atoms with Crippen LogP contribution in [0, 0.1) is 0 Å². The second kappa shape index (κ2) is 6.79. The third-order valence-corrected chi connectivity index (χ3v) is 4.69. The number of carbonyl (C=O) groups excluding carboxylic acids is 1. The van der Waals surface area contributed by atoms with Gasteiger partial charge in [-0.25, -0.2) is 9.59 Å². The maximum Gasteiger partial charge on any atom is 0.336 e. The molecule has 0 bridgehead atoms. The van der Waals surface area contributed by atoms with E-state index in [0.717, 1.165) is 4.57 Å². The molecule has 1 aliphatic rings. The van der Waals surface area contributed by atoms with Crippen molar-refractivity contribution in [1.29, 1.82) is 0 Å². The van der Waals surface area contributed by atoms with Crippen LogP contribution in [0.1, 0.15) is 30.9 Å². The van der Waals surface area contributed by atoms with Gasteiger partial charge in [0.15, 0.2) is 0 Å². The SMILES string of the molecule is CCOC(=O)C1=C(C)Nc2c(c(=O)n(C)c(=O)n2C)[C@@H]1c1cccc(O)c1. The molecule has 8 nitrogen and oxygen atoms in total. The number of hydrogen-bond donors (Lipinski definition) is 2. The molecular weight excluding hydrogens is 350 g/mol. The second-order valence-electron chi connectivity index (χ2n) is 6.38. The highest BCUT2D eigenvalue weighted by Crippen LogP contribution is 2.40. The molecule has 2 aromatic rings. The fourth-order valence-corrected chi connectivity index (χ4v) is 3.40. The average Bonchev–Trinajstić information content (AvgIpc) is 2.63. The van der Waals surface area contributed by atoms with E-state index in [9.17, 15) is 19.5 Å². The van der Waals surface area contributed by atoms with E-state index in [1.807, 2.05) is 0 Å². The zero-order valence-corrected chi connectivity index (χ0v) is 15.6. The fraction of sp³-hybridized carbons (Fsp3) is 0.316. The molecule has 0 spiro atoms. The van der Waals surface area contributed by atoms with E-state index in [1.165, 1.54) is 23.7 Å². The monoisotopic (exact) mass is 371 g/mol. The predicted molar refractivity (Wildman–Crippen MR) is 99.8 cm³/mol. The molecule has 0 amide bonds. The van der Waals surface area contributed by atoms with Crippen molar-refractivity contribution in [3.63, 3.8) is 0 Å². The summed E-state index contributed by atoms with van der Waals surface area (Å²) >= 11 is 0. The zero-order valence-electron chi connectivity index (χ0n) is 15.6. The summed E-state index contributed by atoms with van der Waals surface area (Å²) in [7, 11) is 2.94. The Bertz CT molecular complexity index is 1080. The Morgan fingerprint density at radius 3 is 2.59 bits per heavy atom. The molecule has 8 heteroatoms. The van der Waals surface area contributed by atoms with E-state index in [0.29, 0.717) is 17.1 Å². The van der Waals surface area contributed by atoms with Crippen LogP contribution in [0.3, 0.4) is 0 Å². The number of aromatic hydroxyl groups is 1. The van der Waals surface area contributed by atoms with Gasteiger partial charge >= 0.3 is 11.7 Å². The van der Waals surface area contributed by atoms with Crippen LogP contribution in [0.2, 0.25) is 0 Å². The first-order valence-corrected chi connectivity index (χ1v) is 8.51. The van der Waals surface area contributed by atoms with Crippen LogP contribution in [0.4, 0.5) is 5.82 Å². The van der Waals surface area contributed by atoms with Crippen molar-refractivity contribution < 1.29 is 14.6 Å². The topological polar surface area (TPSA) is 103 Å². The molecule has 0 radical (unpaired) electrons. The molecule has 0 unspecified atom stereocenters. The lowest BCUT2D eigenvalue weighted by atomic mass is 9.82. The summed E-state index contributed by atoms with van der Waals surface area (Å²) in [4.78, 5) is 38.0. The van der Waals surface area contributed by atoms with Gasteiger partial charge in [0.1, 0.15) is 11.6 Å². The van der Waals surface area contributed by atoms with Crippen LogP contribution < -0.4 is 16.6 Å². The Morgan fingerprint density at radius 1 is 1.26 bits per heavy atom. The molecule has 0 saturated heterocycles. The highest BCUT2D eigenvalue weighted by molar-refractivity contribution is 5.94. The van der Waals surface area contributed by atoms with Crippen molar-refractivity contribution in [2.45, 2.75) is 19.8 Å². The van der Waals surface area contributed by atoms with Crippen molar-refractivity contribution in [2.24, 2.45) is 14.1 Å². The van der Waals surface area contributed by atoms with E-state index in [4.69, 9.17) is 4.74 Å². The highest BCUT2D eigenvalue weighted by Gasteiger charge is 2.37. The van der Waals surface area contributed by atoms with Gasteiger partial charge in [0.05, 0.1) is 23.7 Å². The number of nitrogens with zero attached hydrogens (tertiary/aromatic N) is 2. The summed E-state index contributed by atoms with van der Waals surface area (Å²) in [6, 6.07) is 6.36. The number of carbonyl (C=O) groups is 1. The minimum absolute atomic E-state index is 0.00934. The first-order chi connectivity index (χ1) is 12.8. The van der Waals surface area contributed by atoms with Crippen molar-refractivity contribution in [3.8, 4) is 5.75 Å². The van der Waals surface area contributed by atoms with Gasteiger partial charge in [-0.05, 0) is 31.5 Å². The number of phenols is 1. The number of esters is 1. The Hall–Kier alpha value is -3.29. The lowest BCUT2D eigenvalue weighted by Crippen LogP contribution is -2.43. The predicted octanol–water partition coefficient (Wildman–Crippen LogP) is 1.18. The molecule has 1 aliphatic heterocycles. The molecule has 0 aliphatic carbocycles. The lowest BCUT2D eigenvalue weighted by Gasteiger charge is -2.30. The summed E-state index contributed by atoms with van der Waals surface area (Å²) < 4.78 is 7.53. The third kappa shape index (κ3) is 2.92. The number of hydrogen-bond acceptors (Lipinski definition) is 6. The van der Waals surface area contributed by atoms with Gasteiger partial charge in [0.2, 0.25) is 0 Å². The first kappa shape index (κ1) is 18.5. The van der Waals surface area contributed by atoms with E-state index in [2.05, 4.69) is 5.32 Å². The first-order valence-electron chi connectivity index (χ1n) is 8.51. The summed E-state index contributed by atoms with van der Waals surface area (Å²) in [5, 5.41) is 12.9. The van der Waals surface area contributed by atoms with E-state index < -0.39 is 23.1 Å². The van der Waals surface area contributed by atoms with Crippen LogP contribution in [0.25, 0.3) is 0 Å². The molecule has 1 aromatic carbocycles. The highest BCUT2D eigenvalue weighted by atomic mass is 16.5. The number of rotatable bonds is 3. The molecule has 2 N–H and O–H groups in total. The Labute approximate surface area is 155 Å². The van der Waals surface area contributed by atoms with E-state index in [1.54, 1.807) is 33.0 Å². The third-order valence-electron chi connectivity index (χ3n) is 4.69. The lowest BCUT2D eigenvalue weighted by molar-refractivity contribution is -0.138. The standard InChI is InChI=1S/C19H21N3O5/c1-5-27-18(25)13-10(2)20-16-15(17(24)22(4)19(26)21(16)3)14(13)11-7-6-8-12(23)9-11/h6-9,14,20,23H,5H2,1-4H3/t14-/m1/s1. The minimum atomic E-state index is -0.780. The van der Waals surface area contributed by atoms with Crippen molar-refractivity contribution in [1.82, 2.24) is 9.13 Å². The Kier molecular flexibility index (Phi) is 4.65. The van der Waals surface area contributed by atoms with Gasteiger partial charge in [-0.2, -0.15) is 0 Å². The number of nitrogens with one attached hydrogen (secondary N) is 1. The number of benzene rings is 1. The molecule has 142 valence electrons. The van der Waals surface area contributed by atoms with Gasteiger partial charge in [0.25, 0.3) is 5.56 Å². The van der Waals surface area contributed by atoms with E-state index in [-0.39, 0.29) is 23.5 Å². The van der Waals surface area contributed by atoms with Gasteiger partial charge < -0.3 is 15.2 Å². The Morgan fingerprint density at radius 2 is 1.96 bits per heavy atom. The molecule has 2 heterocycles. The molecule has 0 saturated carbocycles. The normalized spacial score (nSPS) is 15.9. The largest absolute Gasteiger partial charge is 0.508 e. The number of aromatic nitrogens is 2. The number of anilines is 1. The van der Waals surface area contributed by atoms with Gasteiger partial charge in [-0.1, -0.05) is 12.1 Å². The van der Waals surface area contributed by atoms with Crippen molar-refractivity contribution in [3.05, 3.63) is 67.5 Å². The zero-order chi connectivity index (χ0) is 19.9. The summed E-state index contributed by atoms with van der Waals surface area (Å²) in [6.45, 7) is 3.57. The van der Waals surface area contributed by atoms with Crippen LogP contribution in [0.15, 0.2) is 45.1 Å². The molecule has 27 heavy (non-hydrogen) atoms. The minimum Gasteiger partial charge on any atom is -0.508 e. The number of phenolic OH excluding ortho intramolecular Hbond substituents is 1. The number of ether oxygens (including phenoxy) is 1. The fourth-order valence-electron chi connectivity index (χ4n) is 3.40.